The van der Waals surface area contributed by atoms with E-state index in [-0.39, 0.29) is 11.8 Å². The van der Waals surface area contributed by atoms with Crippen LogP contribution in [-0.4, -0.2) is 42.7 Å². The first-order chi connectivity index (χ1) is 18.6. The van der Waals surface area contributed by atoms with Gasteiger partial charge >= 0.3 is 0 Å². The summed E-state index contributed by atoms with van der Waals surface area (Å²) in [5.41, 5.74) is 4.83. The van der Waals surface area contributed by atoms with Crippen LogP contribution in [0.5, 0.6) is 0 Å². The number of rotatable bonds is 7. The van der Waals surface area contributed by atoms with Gasteiger partial charge in [-0.1, -0.05) is 54.3 Å². The Kier molecular flexibility index (Phi) is 7.78. The third kappa shape index (κ3) is 5.91. The number of aromatic nitrogens is 2. The molecule has 0 atom stereocenters. The molecule has 1 aromatic heterocycles. The molecule has 5 rings (SSSR count). The average Bonchev–Trinajstić information content (AvgIpc) is 2.98. The number of amides is 2. The van der Waals surface area contributed by atoms with Crippen molar-refractivity contribution in [2.75, 3.05) is 28.6 Å². The molecule has 3 aromatic carbocycles. The number of carbonyl (C=O) groups is 2. The van der Waals surface area contributed by atoms with Gasteiger partial charge in [-0.25, -0.2) is 9.97 Å². The molecule has 0 radical (unpaired) electrons. The Labute approximate surface area is 223 Å². The fourth-order valence-electron chi connectivity index (χ4n) is 4.63. The largest absolute Gasteiger partial charge is 0.372 e. The number of carbonyl (C=O) groups excluding carboxylic acids is 2. The monoisotopic (exact) mass is 503 g/mol. The zero-order valence-corrected chi connectivity index (χ0v) is 21.5. The van der Waals surface area contributed by atoms with Crippen molar-refractivity contribution in [2.45, 2.75) is 25.6 Å². The van der Waals surface area contributed by atoms with Gasteiger partial charge in [-0.05, 0) is 49.6 Å². The minimum absolute atomic E-state index is 0.254. The highest BCUT2D eigenvalue weighted by Crippen LogP contribution is 2.27. The third-order valence-corrected chi connectivity index (χ3v) is 6.76. The standard InChI is InChI=1S/C30H30BN5O2/c31-18-21-8-7-11-23(16-21)29(37)35-27-13-12-25(36-14-5-2-6-15-36)17-26(27)30(38)34-24-19-32-28(33-20-24)22-9-3-1-4-10-22/h1,3-4,7-13,16-17,19-20H,2,5-6,14-15,18,31H2,(H,34,38)(H,35,37). The van der Waals surface area contributed by atoms with E-state index in [1.165, 1.54) is 6.42 Å². The summed E-state index contributed by atoms with van der Waals surface area (Å²) in [5, 5.41) is 5.86. The van der Waals surface area contributed by atoms with Crippen molar-refractivity contribution in [1.82, 2.24) is 9.97 Å². The number of benzene rings is 3. The molecule has 2 heterocycles. The average molecular weight is 503 g/mol. The van der Waals surface area contributed by atoms with E-state index in [2.05, 4.69) is 33.3 Å². The van der Waals surface area contributed by atoms with Gasteiger partial charge in [-0.2, -0.15) is 0 Å². The SMILES string of the molecule is BCc1cccc(C(=O)Nc2ccc(N3CCCCC3)cc2C(=O)Nc2cnc(-c3ccccc3)nc2)c1. The predicted octanol–water partition coefficient (Wildman–Crippen LogP) is 4.77. The van der Waals surface area contributed by atoms with Gasteiger partial charge in [0, 0.05) is 29.9 Å². The quantitative estimate of drug-likeness (QED) is 0.355. The Morgan fingerprint density at radius 3 is 2.32 bits per heavy atom. The van der Waals surface area contributed by atoms with Crippen LogP contribution in [0.15, 0.2) is 85.2 Å². The molecule has 0 saturated carbocycles. The first kappa shape index (κ1) is 25.2. The number of piperidine rings is 1. The van der Waals surface area contributed by atoms with Crippen molar-refractivity contribution in [2.24, 2.45) is 0 Å². The van der Waals surface area contributed by atoms with Gasteiger partial charge in [-0.15, -0.1) is 0 Å². The summed E-state index contributed by atoms with van der Waals surface area (Å²) in [4.78, 5) is 37.7. The molecule has 1 aliphatic heterocycles. The lowest BCUT2D eigenvalue weighted by Crippen LogP contribution is -2.29. The minimum atomic E-state index is -0.336. The topological polar surface area (TPSA) is 87.2 Å². The predicted molar refractivity (Wildman–Crippen MR) is 155 cm³/mol. The Hall–Kier alpha value is -4.46. The summed E-state index contributed by atoms with van der Waals surface area (Å²) in [5.74, 6) is -0.00824. The molecule has 4 aromatic rings. The number of anilines is 3. The Morgan fingerprint density at radius 1 is 0.816 bits per heavy atom. The number of nitrogens with one attached hydrogen (secondary N) is 2. The summed E-state index contributed by atoms with van der Waals surface area (Å²) in [6.45, 7) is 1.90. The molecule has 190 valence electrons. The van der Waals surface area contributed by atoms with Crippen molar-refractivity contribution in [1.29, 1.82) is 0 Å². The lowest BCUT2D eigenvalue weighted by Gasteiger charge is -2.29. The van der Waals surface area contributed by atoms with E-state index in [1.807, 2.05) is 66.7 Å². The molecule has 0 spiro atoms. The summed E-state index contributed by atoms with van der Waals surface area (Å²) in [6, 6.07) is 22.8. The fourth-order valence-corrected chi connectivity index (χ4v) is 4.63. The molecular formula is C30H30BN5O2. The van der Waals surface area contributed by atoms with Crippen LogP contribution in [0.4, 0.5) is 17.1 Å². The molecule has 38 heavy (non-hydrogen) atoms. The number of hydrogen-bond donors (Lipinski definition) is 2. The molecular weight excluding hydrogens is 473 g/mol. The van der Waals surface area contributed by atoms with Crippen molar-refractivity contribution in [3.8, 4) is 11.4 Å². The lowest BCUT2D eigenvalue weighted by molar-refractivity contribution is 0.102. The van der Waals surface area contributed by atoms with Crippen molar-refractivity contribution < 1.29 is 9.59 Å². The molecule has 0 aliphatic carbocycles. The van der Waals surface area contributed by atoms with Crippen LogP contribution >= 0.6 is 0 Å². The molecule has 1 aliphatic rings. The molecule has 2 amide bonds. The number of nitrogens with zero attached hydrogens (tertiary/aromatic N) is 3. The zero-order chi connectivity index (χ0) is 26.3. The first-order valence-electron chi connectivity index (χ1n) is 13.1. The van der Waals surface area contributed by atoms with Crippen LogP contribution in [0.3, 0.4) is 0 Å². The van der Waals surface area contributed by atoms with Crippen LogP contribution in [-0.2, 0) is 6.32 Å². The van der Waals surface area contributed by atoms with Gasteiger partial charge in [0.05, 0.1) is 29.3 Å². The summed E-state index contributed by atoms with van der Waals surface area (Å²) >= 11 is 0. The zero-order valence-electron chi connectivity index (χ0n) is 21.5. The maximum Gasteiger partial charge on any atom is 0.257 e. The smallest absolute Gasteiger partial charge is 0.257 e. The van der Waals surface area contributed by atoms with E-state index >= 15 is 0 Å². The highest BCUT2D eigenvalue weighted by molar-refractivity contribution is 6.13. The Bertz CT molecular complexity index is 1420. The van der Waals surface area contributed by atoms with E-state index < -0.39 is 0 Å². The minimum Gasteiger partial charge on any atom is -0.372 e. The maximum absolute atomic E-state index is 13.5. The van der Waals surface area contributed by atoms with Crippen LogP contribution in [0.2, 0.25) is 0 Å². The van der Waals surface area contributed by atoms with Gasteiger partial charge in [-0.3, -0.25) is 9.59 Å². The van der Waals surface area contributed by atoms with E-state index in [4.69, 9.17) is 0 Å². The Balaban J connectivity index is 1.40. The third-order valence-electron chi connectivity index (χ3n) is 6.76. The normalized spacial score (nSPS) is 13.1. The molecule has 0 bridgehead atoms. The summed E-state index contributed by atoms with van der Waals surface area (Å²) in [6.07, 6.45) is 7.49. The molecule has 2 N–H and O–H groups in total. The van der Waals surface area contributed by atoms with E-state index in [0.29, 0.717) is 28.3 Å². The fraction of sp³-hybridized carbons (Fsp3) is 0.200. The van der Waals surface area contributed by atoms with Crippen LogP contribution < -0.4 is 15.5 Å². The molecule has 1 fully saturated rings. The highest BCUT2D eigenvalue weighted by atomic mass is 16.2. The van der Waals surface area contributed by atoms with E-state index in [1.54, 1.807) is 18.5 Å². The van der Waals surface area contributed by atoms with Gasteiger partial charge in [0.1, 0.15) is 7.85 Å². The Morgan fingerprint density at radius 2 is 1.58 bits per heavy atom. The molecule has 7 nitrogen and oxygen atoms in total. The molecule has 8 heteroatoms. The molecule has 0 unspecified atom stereocenters. The van der Waals surface area contributed by atoms with Crippen LogP contribution in [0.1, 0.15) is 45.5 Å². The highest BCUT2D eigenvalue weighted by Gasteiger charge is 2.19. The van der Waals surface area contributed by atoms with Gasteiger partial charge in [0.25, 0.3) is 11.8 Å². The van der Waals surface area contributed by atoms with Crippen molar-refractivity contribution >= 4 is 36.7 Å². The van der Waals surface area contributed by atoms with Crippen molar-refractivity contribution in [3.05, 3.63) is 102 Å². The van der Waals surface area contributed by atoms with Crippen LogP contribution in [0, 0.1) is 0 Å². The summed E-state index contributed by atoms with van der Waals surface area (Å²) < 4.78 is 0. The van der Waals surface area contributed by atoms with Crippen molar-refractivity contribution in [3.63, 3.8) is 0 Å². The van der Waals surface area contributed by atoms with Gasteiger partial charge < -0.3 is 15.5 Å². The lowest BCUT2D eigenvalue weighted by atomic mass is 9.95. The van der Waals surface area contributed by atoms with Crippen LogP contribution in [0.25, 0.3) is 11.4 Å². The summed E-state index contributed by atoms with van der Waals surface area (Å²) in [7, 11) is 2.05. The second-order valence-electron chi connectivity index (χ2n) is 9.40. The van der Waals surface area contributed by atoms with E-state index in [9.17, 15) is 9.59 Å². The van der Waals surface area contributed by atoms with Gasteiger partial charge in [0.2, 0.25) is 0 Å². The maximum atomic E-state index is 13.5. The second-order valence-corrected chi connectivity index (χ2v) is 9.40. The molecule has 1 saturated heterocycles. The van der Waals surface area contributed by atoms with Gasteiger partial charge in [0.15, 0.2) is 5.82 Å². The first-order valence-corrected chi connectivity index (χ1v) is 13.1. The number of hydrogen-bond acceptors (Lipinski definition) is 5. The van der Waals surface area contributed by atoms with E-state index in [0.717, 1.165) is 49.1 Å². The second kappa shape index (κ2) is 11.7.